The van der Waals surface area contributed by atoms with Crippen LogP contribution in [-0.2, 0) is 10.3 Å². The van der Waals surface area contributed by atoms with Crippen LogP contribution >= 0.6 is 0 Å². The van der Waals surface area contributed by atoms with Gasteiger partial charge in [-0.25, -0.2) is 4.79 Å². The van der Waals surface area contributed by atoms with Crippen molar-refractivity contribution >= 4 is 23.0 Å². The van der Waals surface area contributed by atoms with Crippen LogP contribution < -0.4 is 14.5 Å². The molecule has 0 N–H and O–H groups in total. The third kappa shape index (κ3) is 3.81. The number of rotatable bonds is 5. The van der Waals surface area contributed by atoms with Gasteiger partial charge in [0.25, 0.3) is 0 Å². The molecule has 0 aliphatic carbocycles. The lowest BCUT2D eigenvalue weighted by Gasteiger charge is -2.40. The summed E-state index contributed by atoms with van der Waals surface area (Å²) >= 11 is 0. The molecule has 40 heavy (non-hydrogen) atoms. The second-order valence-electron chi connectivity index (χ2n) is 9.87. The molecule has 2 aliphatic rings. The van der Waals surface area contributed by atoms with Gasteiger partial charge >= 0.3 is 12.3 Å². The molecule has 0 bridgehead atoms. The van der Waals surface area contributed by atoms with E-state index in [9.17, 15) is 4.79 Å². The minimum Gasteiger partial charge on any atom is -0.456 e. The van der Waals surface area contributed by atoms with Crippen LogP contribution in [0.3, 0.4) is 0 Å². The van der Waals surface area contributed by atoms with Crippen LogP contribution in [-0.4, -0.2) is 25.4 Å². The molecule has 5 nitrogen and oxygen atoms in total. The lowest BCUT2D eigenvalue weighted by atomic mass is 9.76. The molecule has 2 heterocycles. The number of anilines is 3. The van der Waals surface area contributed by atoms with Gasteiger partial charge in [0.1, 0.15) is 11.5 Å². The third-order valence-corrected chi connectivity index (χ3v) is 7.54. The van der Waals surface area contributed by atoms with E-state index in [2.05, 4.69) is 0 Å². The van der Waals surface area contributed by atoms with E-state index < -0.39 is 17.9 Å². The predicted molar refractivity (Wildman–Crippen MR) is 148 cm³/mol. The van der Waals surface area contributed by atoms with Crippen molar-refractivity contribution in [3.8, 4) is 11.5 Å². The molecule has 4 aromatic carbocycles. The Bertz CT molecular complexity index is 1630. The van der Waals surface area contributed by atoms with Crippen molar-refractivity contribution in [2.45, 2.75) is 32.7 Å². The molecule has 0 fully saturated rings. The fourth-order valence-electron chi connectivity index (χ4n) is 5.91. The fraction of sp³-hybridized carbons (Fsp3) is 0.219. The van der Waals surface area contributed by atoms with E-state index in [-0.39, 0.29) is 22.7 Å². The number of hydrogen-bond acceptors (Lipinski definition) is 5. The Morgan fingerprint density at radius 3 is 2.17 bits per heavy atom. The predicted octanol–water partition coefficient (Wildman–Crippen LogP) is 8.07. The van der Waals surface area contributed by atoms with Crippen molar-refractivity contribution in [2.75, 3.05) is 22.9 Å². The summed E-state index contributed by atoms with van der Waals surface area (Å²) in [6.07, 6.45) is -4.82. The first-order chi connectivity index (χ1) is 19.2. The molecule has 1 spiro atoms. The van der Waals surface area contributed by atoms with Gasteiger partial charge in [-0.15, -0.1) is 13.2 Å². The molecule has 4 aromatic rings. The molecule has 0 saturated carbocycles. The third-order valence-electron chi connectivity index (χ3n) is 7.54. The Morgan fingerprint density at radius 2 is 1.45 bits per heavy atom. The number of nitrogens with zero attached hydrogens (tertiary/aromatic N) is 2. The molecular formula is C32H27F3N2O3. The number of carbonyl (C=O) groups is 1. The SMILES string of the molecule is CCN(CC)c1cc(C)cc(N(c2cccc3c2C2(OC(=O)c4ccccc42)c2ccccc2O3)C(F)(F)F)c1. The first kappa shape index (κ1) is 25.8. The average molecular weight is 545 g/mol. The smallest absolute Gasteiger partial charge is 0.456 e. The Labute approximate surface area is 230 Å². The fourth-order valence-corrected chi connectivity index (χ4v) is 5.91. The van der Waals surface area contributed by atoms with E-state index in [1.54, 1.807) is 67.6 Å². The van der Waals surface area contributed by atoms with Crippen molar-refractivity contribution in [1.29, 1.82) is 0 Å². The maximum absolute atomic E-state index is 15.2. The number of aryl methyl sites for hydroxylation is 1. The van der Waals surface area contributed by atoms with Gasteiger partial charge in [-0.05, 0) is 68.8 Å². The average Bonchev–Trinajstić information content (AvgIpc) is 3.21. The van der Waals surface area contributed by atoms with E-state index in [1.165, 1.54) is 18.2 Å². The normalized spacial score (nSPS) is 17.0. The van der Waals surface area contributed by atoms with Gasteiger partial charge in [-0.3, -0.25) is 4.90 Å². The number of benzene rings is 4. The number of esters is 1. The van der Waals surface area contributed by atoms with Crippen LogP contribution in [0.25, 0.3) is 0 Å². The Kier molecular flexibility index (Phi) is 6.02. The number of carbonyl (C=O) groups excluding carboxylic acids is 1. The summed E-state index contributed by atoms with van der Waals surface area (Å²) < 4.78 is 57.9. The molecule has 0 aromatic heterocycles. The highest BCUT2D eigenvalue weighted by atomic mass is 19.4. The molecule has 1 unspecified atom stereocenters. The zero-order chi connectivity index (χ0) is 28.2. The zero-order valence-corrected chi connectivity index (χ0v) is 22.3. The minimum atomic E-state index is -4.82. The van der Waals surface area contributed by atoms with Crippen molar-refractivity contribution in [1.82, 2.24) is 0 Å². The van der Waals surface area contributed by atoms with Crippen LogP contribution in [0.4, 0.5) is 30.2 Å². The summed E-state index contributed by atoms with van der Waals surface area (Å²) in [7, 11) is 0. The van der Waals surface area contributed by atoms with E-state index in [1.807, 2.05) is 24.8 Å². The van der Waals surface area contributed by atoms with Crippen LogP contribution in [0.1, 0.15) is 46.5 Å². The van der Waals surface area contributed by atoms with Gasteiger partial charge < -0.3 is 14.4 Å². The van der Waals surface area contributed by atoms with Crippen LogP contribution in [0, 0.1) is 6.92 Å². The van der Waals surface area contributed by atoms with Crippen LogP contribution in [0.5, 0.6) is 11.5 Å². The number of alkyl halides is 3. The van der Waals surface area contributed by atoms with E-state index >= 15 is 13.2 Å². The number of halogens is 3. The quantitative estimate of drug-likeness (QED) is 0.188. The second-order valence-corrected chi connectivity index (χ2v) is 9.87. The molecular weight excluding hydrogens is 517 g/mol. The lowest BCUT2D eigenvalue weighted by molar-refractivity contribution is -0.121. The van der Waals surface area contributed by atoms with Gasteiger partial charge in [-0.2, -0.15) is 0 Å². The highest BCUT2D eigenvalue weighted by molar-refractivity contribution is 5.98. The summed E-state index contributed by atoms with van der Waals surface area (Å²) in [5.74, 6) is -0.00727. The van der Waals surface area contributed by atoms with E-state index in [4.69, 9.17) is 9.47 Å². The summed E-state index contributed by atoms with van der Waals surface area (Å²) in [6.45, 7) is 7.00. The molecule has 0 saturated heterocycles. The highest BCUT2D eigenvalue weighted by Crippen LogP contribution is 2.59. The van der Waals surface area contributed by atoms with Crippen LogP contribution in [0.2, 0.25) is 0 Å². The van der Waals surface area contributed by atoms with Crippen molar-refractivity contribution in [3.63, 3.8) is 0 Å². The zero-order valence-electron chi connectivity index (χ0n) is 22.3. The number of para-hydroxylation sites is 1. The number of ether oxygens (including phenoxy) is 2. The minimum absolute atomic E-state index is 0.0468. The Hall–Kier alpha value is -4.46. The second kappa shape index (κ2) is 9.33. The van der Waals surface area contributed by atoms with Crippen molar-refractivity contribution in [3.05, 3.63) is 113 Å². The monoisotopic (exact) mass is 544 g/mol. The Morgan fingerprint density at radius 1 is 0.800 bits per heavy atom. The maximum atomic E-state index is 15.2. The van der Waals surface area contributed by atoms with Gasteiger partial charge in [0.2, 0.25) is 0 Å². The van der Waals surface area contributed by atoms with Gasteiger partial charge in [0.05, 0.1) is 22.5 Å². The molecule has 6 rings (SSSR count). The summed E-state index contributed by atoms with van der Waals surface area (Å²) in [4.78, 5) is 15.6. The van der Waals surface area contributed by atoms with E-state index in [0.29, 0.717) is 51.7 Å². The van der Waals surface area contributed by atoms with E-state index in [0.717, 1.165) is 0 Å². The molecule has 1 atom stereocenters. The first-order valence-electron chi connectivity index (χ1n) is 13.2. The summed E-state index contributed by atoms with van der Waals surface area (Å²) in [5, 5.41) is 0. The Balaban J connectivity index is 1.67. The van der Waals surface area contributed by atoms with Gasteiger partial charge in [0.15, 0.2) is 5.60 Å². The molecule has 8 heteroatoms. The number of hydrogen-bond donors (Lipinski definition) is 0. The number of fused-ring (bicyclic) bond motifs is 6. The largest absolute Gasteiger partial charge is 0.489 e. The topological polar surface area (TPSA) is 42.0 Å². The standard InChI is InChI=1S/C32H27F3N2O3/c1-4-36(5-2)21-17-20(3)18-22(19-21)37(32(33,34)35)26-14-10-16-28-29(26)31(25-13-8-9-15-27(25)39-28)24-12-7-6-11-23(24)30(38)40-31/h6-19H,4-5H2,1-3H3. The van der Waals surface area contributed by atoms with Crippen LogP contribution in [0.15, 0.2) is 84.9 Å². The highest BCUT2D eigenvalue weighted by Gasteiger charge is 2.56. The molecule has 204 valence electrons. The maximum Gasteiger partial charge on any atom is 0.489 e. The van der Waals surface area contributed by atoms with Crippen molar-refractivity contribution in [2.24, 2.45) is 0 Å². The molecule has 0 amide bonds. The lowest BCUT2D eigenvalue weighted by Crippen LogP contribution is -2.39. The van der Waals surface area contributed by atoms with Gasteiger partial charge in [0, 0.05) is 29.9 Å². The van der Waals surface area contributed by atoms with Crippen molar-refractivity contribution < 1.29 is 27.4 Å². The summed E-state index contributed by atoms with van der Waals surface area (Å²) in [5.41, 5.74) is 0.870. The van der Waals surface area contributed by atoms with Gasteiger partial charge in [-0.1, -0.05) is 42.5 Å². The first-order valence-corrected chi connectivity index (χ1v) is 13.2. The molecule has 0 radical (unpaired) electrons. The summed E-state index contributed by atoms with van der Waals surface area (Å²) in [6, 6.07) is 23.3. The molecule has 2 aliphatic heterocycles.